The Morgan fingerprint density at radius 2 is 2.10 bits per heavy atom. The molecule has 0 radical (unpaired) electrons. The highest BCUT2D eigenvalue weighted by Gasteiger charge is 2.30. The van der Waals surface area contributed by atoms with Crippen LogP contribution in [0.1, 0.15) is 12.0 Å². The van der Waals surface area contributed by atoms with Gasteiger partial charge in [0.25, 0.3) is 0 Å². The number of rotatable bonds is 3. The van der Waals surface area contributed by atoms with Gasteiger partial charge < -0.3 is 20.7 Å². The van der Waals surface area contributed by atoms with Gasteiger partial charge in [0.15, 0.2) is 0 Å². The van der Waals surface area contributed by atoms with Gasteiger partial charge in [0.05, 0.1) is 0 Å². The predicted octanol–water partition coefficient (Wildman–Crippen LogP) is 0.472. The lowest BCUT2D eigenvalue weighted by Gasteiger charge is -2.26. The number of urea groups is 1. The molecule has 6 nitrogen and oxygen atoms in total. The minimum absolute atomic E-state index is 0.197. The molecule has 0 saturated carbocycles. The van der Waals surface area contributed by atoms with Crippen LogP contribution >= 0.6 is 0 Å². The summed E-state index contributed by atoms with van der Waals surface area (Å²) in [7, 11) is 0. The van der Waals surface area contributed by atoms with Crippen molar-refractivity contribution in [2.24, 2.45) is 5.73 Å². The summed E-state index contributed by atoms with van der Waals surface area (Å²) >= 11 is 0. The summed E-state index contributed by atoms with van der Waals surface area (Å²) in [5, 5.41) is 3.11. The standard InChI is InChI=1S/C14H19N3O3/c15-14(19)17-8-4-7-16-9-12(17)13(18)20-10-11-5-2-1-3-6-11/h1-3,5-6,12,16H,4,7-10H2,(H2,15,19). The van der Waals surface area contributed by atoms with Gasteiger partial charge in [0.1, 0.15) is 12.6 Å². The molecule has 3 N–H and O–H groups in total. The zero-order valence-electron chi connectivity index (χ0n) is 11.2. The topological polar surface area (TPSA) is 84.7 Å². The molecule has 1 aromatic rings. The highest BCUT2D eigenvalue weighted by Crippen LogP contribution is 2.08. The number of nitrogens with zero attached hydrogens (tertiary/aromatic N) is 1. The number of hydrogen-bond acceptors (Lipinski definition) is 4. The van der Waals surface area contributed by atoms with Gasteiger partial charge in [-0.05, 0) is 18.5 Å². The Labute approximate surface area is 117 Å². The first-order valence-corrected chi connectivity index (χ1v) is 6.66. The Morgan fingerprint density at radius 3 is 2.80 bits per heavy atom. The fourth-order valence-corrected chi connectivity index (χ4v) is 2.18. The zero-order valence-corrected chi connectivity index (χ0v) is 11.2. The molecule has 0 bridgehead atoms. The van der Waals surface area contributed by atoms with Crippen LogP contribution in [0.3, 0.4) is 0 Å². The van der Waals surface area contributed by atoms with Crippen LogP contribution in [0.2, 0.25) is 0 Å². The molecule has 0 aliphatic carbocycles. The number of hydrogen-bond donors (Lipinski definition) is 2. The predicted molar refractivity (Wildman–Crippen MR) is 73.8 cm³/mol. The van der Waals surface area contributed by atoms with Gasteiger partial charge in [0, 0.05) is 13.1 Å². The van der Waals surface area contributed by atoms with Crippen LogP contribution in [0.25, 0.3) is 0 Å². The Balaban J connectivity index is 1.96. The van der Waals surface area contributed by atoms with Crippen LogP contribution in [-0.2, 0) is 16.1 Å². The first-order chi connectivity index (χ1) is 9.68. The van der Waals surface area contributed by atoms with E-state index in [-0.39, 0.29) is 6.61 Å². The maximum atomic E-state index is 12.1. The molecule has 6 heteroatoms. The summed E-state index contributed by atoms with van der Waals surface area (Å²) in [4.78, 5) is 24.9. The third-order valence-electron chi connectivity index (χ3n) is 3.25. The summed E-state index contributed by atoms with van der Waals surface area (Å²) in [6.07, 6.45) is 0.769. The first-order valence-electron chi connectivity index (χ1n) is 6.66. The van der Waals surface area contributed by atoms with Crippen LogP contribution in [0.15, 0.2) is 30.3 Å². The minimum Gasteiger partial charge on any atom is -0.459 e. The van der Waals surface area contributed by atoms with Crippen molar-refractivity contribution >= 4 is 12.0 Å². The number of nitrogens with two attached hydrogens (primary N) is 1. The summed E-state index contributed by atoms with van der Waals surface area (Å²) in [5.41, 5.74) is 6.23. The Morgan fingerprint density at radius 1 is 1.35 bits per heavy atom. The van der Waals surface area contributed by atoms with E-state index < -0.39 is 18.0 Å². The number of primary amides is 1. The number of amides is 2. The quantitative estimate of drug-likeness (QED) is 0.787. The van der Waals surface area contributed by atoms with Gasteiger partial charge in [-0.15, -0.1) is 0 Å². The van der Waals surface area contributed by atoms with Crippen molar-refractivity contribution in [1.82, 2.24) is 10.2 Å². The second-order valence-corrected chi connectivity index (χ2v) is 4.70. The van der Waals surface area contributed by atoms with Crippen molar-refractivity contribution in [3.63, 3.8) is 0 Å². The average Bonchev–Trinajstić information content (AvgIpc) is 2.71. The number of esters is 1. The van der Waals surface area contributed by atoms with Crippen molar-refractivity contribution in [3.05, 3.63) is 35.9 Å². The molecule has 1 atom stereocenters. The molecule has 0 spiro atoms. The van der Waals surface area contributed by atoms with Gasteiger partial charge in [-0.2, -0.15) is 0 Å². The summed E-state index contributed by atoms with van der Waals surface area (Å²) < 4.78 is 5.28. The lowest BCUT2D eigenvalue weighted by Crippen LogP contribution is -2.51. The molecule has 108 valence electrons. The maximum absolute atomic E-state index is 12.1. The number of carbonyl (C=O) groups excluding carboxylic acids is 2. The monoisotopic (exact) mass is 277 g/mol. The minimum atomic E-state index is -0.654. The van der Waals surface area contributed by atoms with E-state index in [2.05, 4.69) is 5.32 Å². The van der Waals surface area contributed by atoms with E-state index in [9.17, 15) is 9.59 Å². The van der Waals surface area contributed by atoms with Crippen LogP contribution in [-0.4, -0.2) is 42.6 Å². The highest BCUT2D eigenvalue weighted by molar-refractivity contribution is 5.83. The summed E-state index contributed by atoms with van der Waals surface area (Å²) in [6, 6.07) is 8.18. The Kier molecular flexibility index (Phi) is 4.95. The van der Waals surface area contributed by atoms with E-state index >= 15 is 0 Å². The van der Waals surface area contributed by atoms with E-state index in [0.717, 1.165) is 18.5 Å². The van der Waals surface area contributed by atoms with E-state index in [1.165, 1.54) is 4.90 Å². The molecule has 1 saturated heterocycles. The molecule has 1 aromatic carbocycles. The molecule has 0 aromatic heterocycles. The number of ether oxygens (including phenoxy) is 1. The molecule has 1 aliphatic heterocycles. The van der Waals surface area contributed by atoms with Crippen molar-refractivity contribution in [2.45, 2.75) is 19.1 Å². The van der Waals surface area contributed by atoms with Crippen LogP contribution in [0, 0.1) is 0 Å². The van der Waals surface area contributed by atoms with E-state index in [4.69, 9.17) is 10.5 Å². The van der Waals surface area contributed by atoms with Gasteiger partial charge in [-0.25, -0.2) is 9.59 Å². The Bertz CT molecular complexity index is 464. The van der Waals surface area contributed by atoms with E-state index in [1.807, 2.05) is 30.3 Å². The molecule has 2 amide bonds. The molecular formula is C14H19N3O3. The van der Waals surface area contributed by atoms with Gasteiger partial charge in [0.2, 0.25) is 0 Å². The van der Waals surface area contributed by atoms with Crippen molar-refractivity contribution < 1.29 is 14.3 Å². The molecule has 1 aliphatic rings. The van der Waals surface area contributed by atoms with Crippen LogP contribution < -0.4 is 11.1 Å². The number of carbonyl (C=O) groups is 2. The van der Waals surface area contributed by atoms with E-state index in [0.29, 0.717) is 13.1 Å². The average molecular weight is 277 g/mol. The second kappa shape index (κ2) is 6.91. The molecule has 1 fully saturated rings. The lowest BCUT2D eigenvalue weighted by atomic mass is 10.2. The zero-order chi connectivity index (χ0) is 14.4. The maximum Gasteiger partial charge on any atom is 0.330 e. The first kappa shape index (κ1) is 14.3. The molecule has 20 heavy (non-hydrogen) atoms. The van der Waals surface area contributed by atoms with Crippen molar-refractivity contribution in [1.29, 1.82) is 0 Å². The Hall–Kier alpha value is -2.08. The third-order valence-corrected chi connectivity index (χ3v) is 3.25. The van der Waals surface area contributed by atoms with Gasteiger partial charge in [-0.3, -0.25) is 0 Å². The number of benzene rings is 1. The molecule has 1 heterocycles. The van der Waals surface area contributed by atoms with E-state index in [1.54, 1.807) is 0 Å². The fourth-order valence-electron chi connectivity index (χ4n) is 2.18. The smallest absolute Gasteiger partial charge is 0.330 e. The summed E-state index contributed by atoms with van der Waals surface area (Å²) in [5.74, 6) is -0.429. The molecular weight excluding hydrogens is 258 g/mol. The van der Waals surface area contributed by atoms with Crippen LogP contribution in [0.4, 0.5) is 4.79 Å². The van der Waals surface area contributed by atoms with Crippen molar-refractivity contribution in [2.75, 3.05) is 19.6 Å². The normalized spacial score (nSPS) is 19.2. The van der Waals surface area contributed by atoms with Crippen LogP contribution in [0.5, 0.6) is 0 Å². The summed E-state index contributed by atoms with van der Waals surface area (Å²) in [6.45, 7) is 1.79. The third kappa shape index (κ3) is 3.71. The van der Waals surface area contributed by atoms with Gasteiger partial charge >= 0.3 is 12.0 Å². The second-order valence-electron chi connectivity index (χ2n) is 4.70. The number of nitrogens with one attached hydrogen (secondary N) is 1. The largest absolute Gasteiger partial charge is 0.459 e. The fraction of sp³-hybridized carbons (Fsp3) is 0.429. The van der Waals surface area contributed by atoms with Crippen molar-refractivity contribution in [3.8, 4) is 0 Å². The lowest BCUT2D eigenvalue weighted by molar-refractivity contribution is -0.149. The van der Waals surface area contributed by atoms with Gasteiger partial charge in [-0.1, -0.05) is 30.3 Å². The molecule has 2 rings (SSSR count). The SMILES string of the molecule is NC(=O)N1CCCNCC1C(=O)OCc1ccccc1. The molecule has 1 unspecified atom stereocenters. The highest BCUT2D eigenvalue weighted by atomic mass is 16.5.